The van der Waals surface area contributed by atoms with E-state index in [1.54, 1.807) is 0 Å². The minimum Gasteiger partial charge on any atom is -0.312 e. The van der Waals surface area contributed by atoms with Crippen LogP contribution in [0.15, 0.2) is 0 Å². The summed E-state index contributed by atoms with van der Waals surface area (Å²) in [7, 11) is 0. The van der Waals surface area contributed by atoms with Crippen LogP contribution in [0, 0.1) is 0 Å². The molecule has 0 saturated carbocycles. The number of thioether (sulfide) groups is 1. The Kier molecular flexibility index (Phi) is 5.85. The van der Waals surface area contributed by atoms with Crippen LogP contribution in [0.2, 0.25) is 0 Å². The highest BCUT2D eigenvalue weighted by Crippen LogP contribution is 2.21. The lowest BCUT2D eigenvalue weighted by Gasteiger charge is -2.23. The zero-order valence-corrected chi connectivity index (χ0v) is 9.63. The zero-order valence-electron chi connectivity index (χ0n) is 8.82. The molecule has 96 valence electrons. The average molecular weight is 260 g/mol. The second-order valence-corrected chi connectivity index (χ2v) is 4.90. The van der Waals surface area contributed by atoms with Crippen molar-refractivity contribution in [2.75, 3.05) is 31.1 Å². The second kappa shape index (κ2) is 6.66. The van der Waals surface area contributed by atoms with Crippen LogP contribution in [0.25, 0.3) is 0 Å². The molecule has 1 aliphatic rings. The van der Waals surface area contributed by atoms with Gasteiger partial charge in [-0.1, -0.05) is 0 Å². The standard InChI is InChI=1S/C9H16F4N2S/c10-8(11)9(12,13)6-14-2-1-7-5-16-4-3-15-7/h7-8,14-15H,1-6H2. The van der Waals surface area contributed by atoms with Gasteiger partial charge >= 0.3 is 12.3 Å². The molecule has 0 bridgehead atoms. The highest BCUT2D eigenvalue weighted by molar-refractivity contribution is 7.99. The van der Waals surface area contributed by atoms with E-state index in [1.165, 1.54) is 0 Å². The maximum Gasteiger partial charge on any atom is 0.319 e. The van der Waals surface area contributed by atoms with Crippen molar-refractivity contribution in [2.45, 2.75) is 24.8 Å². The molecule has 16 heavy (non-hydrogen) atoms. The molecular weight excluding hydrogens is 244 g/mol. The van der Waals surface area contributed by atoms with Gasteiger partial charge in [0.25, 0.3) is 0 Å². The predicted molar refractivity (Wildman–Crippen MR) is 57.6 cm³/mol. The van der Waals surface area contributed by atoms with Gasteiger partial charge in [0.2, 0.25) is 0 Å². The fourth-order valence-electron chi connectivity index (χ4n) is 1.41. The first kappa shape index (κ1) is 14.1. The van der Waals surface area contributed by atoms with Crippen LogP contribution in [0.4, 0.5) is 17.6 Å². The molecule has 0 aliphatic carbocycles. The number of halogens is 4. The number of nitrogens with one attached hydrogen (secondary N) is 2. The zero-order chi connectivity index (χ0) is 12.0. The first-order valence-corrected chi connectivity index (χ1v) is 6.35. The number of hydrogen-bond acceptors (Lipinski definition) is 3. The van der Waals surface area contributed by atoms with Gasteiger partial charge in [-0.3, -0.25) is 0 Å². The molecule has 0 aromatic heterocycles. The van der Waals surface area contributed by atoms with Crippen molar-refractivity contribution in [1.82, 2.24) is 10.6 Å². The third kappa shape index (κ3) is 4.88. The van der Waals surface area contributed by atoms with Crippen LogP contribution in [0.5, 0.6) is 0 Å². The molecule has 1 unspecified atom stereocenters. The molecule has 0 aromatic carbocycles. The summed E-state index contributed by atoms with van der Waals surface area (Å²) in [6.45, 7) is 0.299. The van der Waals surface area contributed by atoms with Gasteiger partial charge in [0, 0.05) is 24.1 Å². The summed E-state index contributed by atoms with van der Waals surface area (Å²) in [6, 6.07) is 0.298. The van der Waals surface area contributed by atoms with E-state index in [4.69, 9.17) is 0 Å². The number of alkyl halides is 4. The van der Waals surface area contributed by atoms with Gasteiger partial charge in [0.15, 0.2) is 0 Å². The summed E-state index contributed by atoms with van der Waals surface area (Å²) >= 11 is 1.81. The minimum atomic E-state index is -3.92. The van der Waals surface area contributed by atoms with Crippen LogP contribution in [-0.4, -0.2) is 49.5 Å². The van der Waals surface area contributed by atoms with E-state index in [9.17, 15) is 17.6 Å². The fourth-order valence-corrected chi connectivity index (χ4v) is 2.41. The Morgan fingerprint density at radius 3 is 2.75 bits per heavy atom. The highest BCUT2D eigenvalue weighted by Gasteiger charge is 2.39. The van der Waals surface area contributed by atoms with Crippen LogP contribution in [-0.2, 0) is 0 Å². The smallest absolute Gasteiger partial charge is 0.312 e. The van der Waals surface area contributed by atoms with Gasteiger partial charge in [-0.25, -0.2) is 8.78 Å². The van der Waals surface area contributed by atoms with Gasteiger partial charge < -0.3 is 10.6 Å². The Bertz CT molecular complexity index is 198. The largest absolute Gasteiger partial charge is 0.319 e. The molecule has 0 radical (unpaired) electrons. The van der Waals surface area contributed by atoms with Gasteiger partial charge in [0.05, 0.1) is 6.54 Å². The van der Waals surface area contributed by atoms with Crippen molar-refractivity contribution in [3.05, 3.63) is 0 Å². The lowest BCUT2D eigenvalue weighted by atomic mass is 10.2. The van der Waals surface area contributed by atoms with Crippen LogP contribution >= 0.6 is 11.8 Å². The summed E-state index contributed by atoms with van der Waals surface area (Å²) < 4.78 is 48.5. The van der Waals surface area contributed by atoms with Gasteiger partial charge in [-0.05, 0) is 13.0 Å². The highest BCUT2D eigenvalue weighted by atomic mass is 32.2. The Morgan fingerprint density at radius 2 is 2.19 bits per heavy atom. The van der Waals surface area contributed by atoms with E-state index in [2.05, 4.69) is 10.6 Å². The maximum atomic E-state index is 12.5. The Morgan fingerprint density at radius 1 is 1.44 bits per heavy atom. The molecule has 2 nitrogen and oxygen atoms in total. The van der Waals surface area contributed by atoms with E-state index in [0.29, 0.717) is 19.0 Å². The first-order chi connectivity index (χ1) is 7.52. The summed E-state index contributed by atoms with van der Waals surface area (Å²) in [6.07, 6.45) is -2.91. The monoisotopic (exact) mass is 260 g/mol. The SMILES string of the molecule is FC(F)C(F)(F)CNCCC1CSCCN1. The Labute approximate surface area is 96.5 Å². The van der Waals surface area contributed by atoms with Gasteiger partial charge in [0.1, 0.15) is 0 Å². The summed E-state index contributed by atoms with van der Waals surface area (Å²) in [5.74, 6) is -1.91. The molecule has 0 amide bonds. The predicted octanol–water partition coefficient (Wildman–Crippen LogP) is 1.57. The molecule has 1 atom stereocenters. The summed E-state index contributed by atoms with van der Waals surface area (Å²) in [4.78, 5) is 0. The molecule has 0 aromatic rings. The molecule has 1 rings (SSSR count). The average Bonchev–Trinajstić information content (AvgIpc) is 2.26. The van der Waals surface area contributed by atoms with Crippen molar-refractivity contribution in [1.29, 1.82) is 0 Å². The lowest BCUT2D eigenvalue weighted by molar-refractivity contribution is -0.125. The van der Waals surface area contributed by atoms with Gasteiger partial charge in [-0.2, -0.15) is 20.5 Å². The molecule has 0 spiro atoms. The Hall–Kier alpha value is -0.0100. The summed E-state index contributed by atoms with van der Waals surface area (Å²) in [5.41, 5.74) is 0. The third-order valence-corrected chi connectivity index (χ3v) is 3.48. The molecule has 2 N–H and O–H groups in total. The second-order valence-electron chi connectivity index (χ2n) is 3.75. The molecular formula is C9H16F4N2S. The topological polar surface area (TPSA) is 24.1 Å². The molecule has 1 fully saturated rings. The number of rotatable bonds is 6. The van der Waals surface area contributed by atoms with E-state index in [1.807, 2.05) is 11.8 Å². The van der Waals surface area contributed by atoms with E-state index in [-0.39, 0.29) is 0 Å². The Balaban J connectivity index is 2.06. The normalized spacial score (nSPS) is 22.7. The third-order valence-electron chi connectivity index (χ3n) is 2.35. The van der Waals surface area contributed by atoms with E-state index < -0.39 is 18.9 Å². The molecule has 7 heteroatoms. The molecule has 1 heterocycles. The fraction of sp³-hybridized carbons (Fsp3) is 1.00. The maximum absolute atomic E-state index is 12.5. The van der Waals surface area contributed by atoms with Crippen LogP contribution in [0.1, 0.15) is 6.42 Å². The molecule has 1 saturated heterocycles. The van der Waals surface area contributed by atoms with Crippen molar-refractivity contribution in [2.24, 2.45) is 0 Å². The van der Waals surface area contributed by atoms with E-state index >= 15 is 0 Å². The summed E-state index contributed by atoms with van der Waals surface area (Å²) in [5, 5.41) is 5.62. The van der Waals surface area contributed by atoms with Gasteiger partial charge in [-0.15, -0.1) is 0 Å². The quantitative estimate of drug-likeness (QED) is 0.560. The molecule has 1 aliphatic heterocycles. The van der Waals surface area contributed by atoms with Crippen molar-refractivity contribution < 1.29 is 17.6 Å². The van der Waals surface area contributed by atoms with Crippen molar-refractivity contribution in [3.63, 3.8) is 0 Å². The lowest BCUT2D eigenvalue weighted by Crippen LogP contribution is -2.42. The van der Waals surface area contributed by atoms with Crippen LogP contribution < -0.4 is 10.6 Å². The van der Waals surface area contributed by atoms with E-state index in [0.717, 1.165) is 18.1 Å². The minimum absolute atomic E-state index is 0.298. The van der Waals surface area contributed by atoms with Crippen molar-refractivity contribution >= 4 is 11.8 Å². The number of hydrogen-bond donors (Lipinski definition) is 2. The van der Waals surface area contributed by atoms with Crippen molar-refractivity contribution in [3.8, 4) is 0 Å². The van der Waals surface area contributed by atoms with Crippen LogP contribution in [0.3, 0.4) is 0 Å². The first-order valence-electron chi connectivity index (χ1n) is 5.20.